The average molecular weight is 1440 g/mol. The molecule has 10 aliphatic carbocycles. The Hall–Kier alpha value is -5.77. The molecule has 99 heavy (non-hydrogen) atoms. The summed E-state index contributed by atoms with van der Waals surface area (Å²) in [6.45, 7) is 30.5. The number of rotatable bonds is 24. The molecule has 1 N–H and O–H groups in total. The first kappa shape index (κ1) is 80.5. The second-order valence-electron chi connectivity index (χ2n) is 31.3. The predicted octanol–water partition coefficient (Wildman–Crippen LogP) is 9.74. The van der Waals surface area contributed by atoms with E-state index >= 15 is 0 Å². The number of carbonyl (C=O) groups is 9. The van der Waals surface area contributed by atoms with Crippen molar-refractivity contribution in [3.63, 3.8) is 0 Å². The van der Waals surface area contributed by atoms with Gasteiger partial charge in [0.25, 0.3) is 20.2 Å². The van der Waals surface area contributed by atoms with Crippen LogP contribution in [0, 0.1) is 46.3 Å². The van der Waals surface area contributed by atoms with Crippen molar-refractivity contribution in [3.05, 3.63) is 36.5 Å². The molecule has 12 aliphatic rings. The van der Waals surface area contributed by atoms with Gasteiger partial charge in [-0.15, -0.1) is 0 Å². The van der Waals surface area contributed by atoms with Crippen molar-refractivity contribution < 1.29 is 116 Å². The third-order valence-corrected chi connectivity index (χ3v) is 25.3. The van der Waals surface area contributed by atoms with Crippen LogP contribution < -0.4 is 0 Å². The molecule has 0 radical (unpaired) electrons. The van der Waals surface area contributed by atoms with E-state index in [1.54, 1.807) is 27.7 Å². The molecule has 2 saturated heterocycles. The number of fused-ring (bicyclic) bond motifs is 2. The zero-order valence-corrected chi connectivity index (χ0v) is 61.5. The highest BCUT2D eigenvalue weighted by Gasteiger charge is 2.67. The topological polar surface area (TPSA) is 344 Å². The summed E-state index contributed by atoms with van der Waals surface area (Å²) in [4.78, 5) is 105. The quantitative estimate of drug-likeness (QED) is 0.0309. The van der Waals surface area contributed by atoms with Crippen molar-refractivity contribution in [2.45, 2.75) is 288 Å². The SMILES string of the molecule is C=C(C)C(=O)OC1(C)CCCC1.C=C(C)C(=O)OC12CC3CC(CC(O)(C3)C1)C2.C=C(C)C(=O)OCCOC(=O)CCC(=O)OC1C2CC3C1OS(=O)(=O)C3C2.CCC(C)(C)C(=O)OC1(C)CCCC1.CCC(C)(C)C(=O)OCCOC(=O)CCC(=O)OC1C2CC3C1OS(=O)(=O)C3C2. The summed E-state index contributed by atoms with van der Waals surface area (Å²) >= 11 is 0. The fraction of sp³-hybridized carbons (Fsp3) is 0.792. The van der Waals surface area contributed by atoms with E-state index in [2.05, 4.69) is 26.7 Å². The third-order valence-electron chi connectivity index (χ3n) is 21.8. The van der Waals surface area contributed by atoms with Gasteiger partial charge in [0.15, 0.2) is 0 Å². The molecule has 27 heteroatoms. The van der Waals surface area contributed by atoms with Gasteiger partial charge in [0.2, 0.25) is 0 Å². The van der Waals surface area contributed by atoms with E-state index in [1.165, 1.54) is 39.0 Å². The smallest absolute Gasteiger partial charge is 0.333 e. The molecule has 558 valence electrons. The summed E-state index contributed by atoms with van der Waals surface area (Å²) in [6, 6.07) is 0. The van der Waals surface area contributed by atoms with Gasteiger partial charge in [-0.25, -0.2) is 14.4 Å². The highest BCUT2D eigenvalue weighted by molar-refractivity contribution is 7.88. The van der Waals surface area contributed by atoms with Crippen LogP contribution in [0.25, 0.3) is 0 Å². The standard InChI is InChI=1S/C19H28O9S.C17H22O9S.C14H20O3.C12H22O2.C10H16O2/c1-4-19(2,3)18(22)26-8-7-25-14(20)5-6-15(21)27-16-11-9-12-13(10-11)29(23,24)28-17(12)16;1-9(2)17(20)24-6-5-23-13(18)3-4-14(19)25-15-10-7-11-12(8-10)27(21,22)26-16(11)15;1-9(2)12(15)17-14-6-10-3-11(7-14)5-13(16,4-10)8-14;1-5-11(2,3)10(13)14-12(4)8-6-7-9-12;1-8(2)9(11)12-10(3)6-4-5-7-10/h11-13,16-17H,4-10H2,1-3H3;10-12,15-16H,1,3-8H2,2H3;10-11,16H,1,3-8H2,2H3;5-9H2,1-4H3;1,4-7H2,2-3H3. The average Bonchev–Trinajstić information content (AvgIpc) is 1.69. The Kier molecular flexibility index (Phi) is 26.6. The lowest BCUT2D eigenvalue weighted by molar-refractivity contribution is -0.217. The Morgan fingerprint density at radius 3 is 1.26 bits per heavy atom. The van der Waals surface area contributed by atoms with E-state index in [-0.39, 0.29) is 122 Å². The number of hydrogen-bond acceptors (Lipinski definition) is 25. The summed E-state index contributed by atoms with van der Waals surface area (Å²) in [5.41, 5.74) is -1.08. The zero-order chi connectivity index (χ0) is 73.4. The highest BCUT2D eigenvalue weighted by atomic mass is 32.2. The first-order chi connectivity index (χ1) is 46.1. The van der Waals surface area contributed by atoms with Gasteiger partial charge in [-0.1, -0.05) is 33.6 Å². The van der Waals surface area contributed by atoms with Crippen LogP contribution in [-0.4, -0.2) is 159 Å². The predicted molar refractivity (Wildman–Crippen MR) is 357 cm³/mol. The van der Waals surface area contributed by atoms with Gasteiger partial charge >= 0.3 is 53.7 Å². The van der Waals surface area contributed by atoms with Gasteiger partial charge in [-0.3, -0.25) is 37.1 Å². The molecule has 12 fully saturated rings. The monoisotopic (exact) mass is 1440 g/mol. The van der Waals surface area contributed by atoms with Crippen LogP contribution in [0.3, 0.4) is 0 Å². The molecule has 0 aromatic rings. The summed E-state index contributed by atoms with van der Waals surface area (Å²) in [7, 11) is -7.11. The molecule has 12 atom stereocenters. The largest absolute Gasteiger partial charge is 0.462 e. The summed E-state index contributed by atoms with van der Waals surface area (Å²) < 4.78 is 105. The Labute approximate surface area is 584 Å². The molecule has 0 aromatic carbocycles. The van der Waals surface area contributed by atoms with Crippen LogP contribution in [-0.2, 0) is 114 Å². The molecule has 25 nitrogen and oxygen atoms in total. The van der Waals surface area contributed by atoms with Crippen LogP contribution in [0.15, 0.2) is 36.5 Å². The summed E-state index contributed by atoms with van der Waals surface area (Å²) in [5, 5.41) is 9.56. The van der Waals surface area contributed by atoms with Crippen LogP contribution in [0.4, 0.5) is 0 Å². The zero-order valence-electron chi connectivity index (χ0n) is 59.9. The second-order valence-corrected chi connectivity index (χ2v) is 34.8. The molecule has 0 amide bonds. The number of ether oxygens (including phenoxy) is 9. The van der Waals surface area contributed by atoms with Gasteiger partial charge in [-0.2, -0.15) is 16.8 Å². The first-order valence-electron chi connectivity index (χ1n) is 35.3. The minimum atomic E-state index is -3.56. The van der Waals surface area contributed by atoms with E-state index in [0.29, 0.717) is 61.5 Å². The van der Waals surface area contributed by atoms with Crippen LogP contribution in [0.5, 0.6) is 0 Å². The maximum atomic E-state index is 12.1. The van der Waals surface area contributed by atoms with Gasteiger partial charge in [-0.05, 0) is 196 Å². The maximum Gasteiger partial charge on any atom is 0.333 e. The summed E-state index contributed by atoms with van der Waals surface area (Å²) in [5.74, 6) is -3.06. The van der Waals surface area contributed by atoms with E-state index < -0.39 is 102 Å². The third kappa shape index (κ3) is 21.0. The Balaban J connectivity index is 0.000000181. The minimum absolute atomic E-state index is 0.00904. The second kappa shape index (κ2) is 32.7. The van der Waals surface area contributed by atoms with E-state index in [0.717, 1.165) is 57.8 Å². The van der Waals surface area contributed by atoms with Crippen molar-refractivity contribution in [1.82, 2.24) is 0 Å². The maximum absolute atomic E-state index is 12.1. The number of aliphatic hydroxyl groups is 1. The van der Waals surface area contributed by atoms with Crippen LogP contribution in [0.1, 0.15) is 230 Å². The van der Waals surface area contributed by atoms with Crippen molar-refractivity contribution in [3.8, 4) is 0 Å². The van der Waals surface area contributed by atoms with Crippen molar-refractivity contribution in [2.24, 2.45) is 46.3 Å². The van der Waals surface area contributed by atoms with Crippen LogP contribution in [0.2, 0.25) is 0 Å². The molecule has 2 heterocycles. The normalized spacial score (nSPS) is 31.5. The Morgan fingerprint density at radius 1 is 0.485 bits per heavy atom. The first-order valence-corrected chi connectivity index (χ1v) is 38.3. The van der Waals surface area contributed by atoms with E-state index in [1.807, 2.05) is 34.6 Å². The number of esters is 9. The molecule has 2 aliphatic heterocycles. The molecular formula is C72H108O25S2. The van der Waals surface area contributed by atoms with Crippen molar-refractivity contribution in [1.29, 1.82) is 0 Å². The Bertz CT molecular complexity index is 3250. The van der Waals surface area contributed by atoms with Crippen LogP contribution >= 0.6 is 0 Å². The fourth-order valence-electron chi connectivity index (χ4n) is 15.9. The lowest BCUT2D eigenvalue weighted by atomic mass is 9.52. The molecule has 12 unspecified atom stereocenters. The van der Waals surface area contributed by atoms with Gasteiger partial charge in [0.1, 0.15) is 67.6 Å². The van der Waals surface area contributed by atoms with E-state index in [9.17, 15) is 65.1 Å². The number of carbonyl (C=O) groups excluding carboxylic acids is 9. The molecule has 0 aromatic heterocycles. The molecule has 0 spiro atoms. The molecule has 12 rings (SSSR count). The van der Waals surface area contributed by atoms with Gasteiger partial charge in [0.05, 0.1) is 52.6 Å². The van der Waals surface area contributed by atoms with E-state index in [4.69, 9.17) is 51.0 Å². The van der Waals surface area contributed by atoms with Crippen molar-refractivity contribution in [2.75, 3.05) is 26.4 Å². The molecule has 8 bridgehead atoms. The number of hydrogen-bond donors (Lipinski definition) is 1. The van der Waals surface area contributed by atoms with Gasteiger partial charge < -0.3 is 47.7 Å². The van der Waals surface area contributed by atoms with Crippen molar-refractivity contribution >= 4 is 74.0 Å². The lowest BCUT2D eigenvalue weighted by Crippen LogP contribution is -2.60. The highest BCUT2D eigenvalue weighted by Crippen LogP contribution is 2.60. The fourth-order valence-corrected chi connectivity index (χ4v) is 19.7. The lowest BCUT2D eigenvalue weighted by Gasteiger charge is -2.59. The summed E-state index contributed by atoms with van der Waals surface area (Å²) in [6.07, 6.45) is 15.0. The minimum Gasteiger partial charge on any atom is -0.462 e. The van der Waals surface area contributed by atoms with Gasteiger partial charge in [0, 0.05) is 46.8 Å². The molecule has 10 saturated carbocycles. The Morgan fingerprint density at radius 2 is 0.859 bits per heavy atom. The molecular weight excluding hydrogens is 1330 g/mol.